The van der Waals surface area contributed by atoms with E-state index in [2.05, 4.69) is 19.4 Å². The normalized spacial score (nSPS) is 22.6. The molecule has 0 nitrogen and oxygen atoms in total. The molecule has 2 aliphatic carbocycles. The third-order valence-electron chi connectivity index (χ3n) is 2.81. The number of allylic oxidation sites excluding steroid dienone is 4. The average molecular weight is 161 g/mol. The van der Waals surface area contributed by atoms with Gasteiger partial charge < -0.3 is 0 Å². The topological polar surface area (TPSA) is 0 Å². The van der Waals surface area contributed by atoms with E-state index < -0.39 is 0 Å². The Morgan fingerprint density at radius 3 is 2.58 bits per heavy atom. The van der Waals surface area contributed by atoms with Crippen LogP contribution in [0, 0.1) is 6.42 Å². The lowest BCUT2D eigenvalue weighted by Crippen LogP contribution is -1.93. The van der Waals surface area contributed by atoms with Crippen molar-refractivity contribution in [2.24, 2.45) is 0 Å². The van der Waals surface area contributed by atoms with E-state index in [1.807, 2.05) is 0 Å². The van der Waals surface area contributed by atoms with Crippen molar-refractivity contribution < 1.29 is 0 Å². The van der Waals surface area contributed by atoms with Gasteiger partial charge in [0.15, 0.2) is 0 Å². The molecule has 0 heterocycles. The number of hydrogen-bond donors (Lipinski definition) is 0. The molecule has 0 aromatic carbocycles. The average Bonchev–Trinajstić information content (AvgIpc) is 2.47. The first kappa shape index (κ1) is 8.10. The molecule has 0 aliphatic heterocycles. The van der Waals surface area contributed by atoms with Gasteiger partial charge in [-0.15, -0.1) is 0 Å². The molecule has 0 spiro atoms. The first-order chi connectivity index (χ1) is 5.90. The molecule has 0 N–H and O–H groups in total. The van der Waals surface area contributed by atoms with Crippen LogP contribution in [-0.2, 0) is 0 Å². The predicted molar refractivity (Wildman–Crippen MR) is 52.8 cm³/mol. The molecule has 0 amide bonds. The van der Waals surface area contributed by atoms with Crippen LogP contribution < -0.4 is 0 Å². The van der Waals surface area contributed by atoms with Gasteiger partial charge in [-0.05, 0) is 37.7 Å². The van der Waals surface area contributed by atoms with E-state index in [1.165, 1.54) is 38.5 Å². The third-order valence-corrected chi connectivity index (χ3v) is 2.81. The van der Waals surface area contributed by atoms with Gasteiger partial charge >= 0.3 is 0 Å². The monoisotopic (exact) mass is 161 g/mol. The molecule has 1 radical (unpaired) electrons. The van der Waals surface area contributed by atoms with Crippen molar-refractivity contribution in [2.75, 3.05) is 0 Å². The molecular weight excluding hydrogens is 144 g/mol. The summed E-state index contributed by atoms with van der Waals surface area (Å²) >= 11 is 0. The highest BCUT2D eigenvalue weighted by Crippen LogP contribution is 2.36. The minimum absolute atomic E-state index is 1.27. The van der Waals surface area contributed by atoms with Crippen molar-refractivity contribution in [3.8, 4) is 0 Å². The second-order valence-corrected chi connectivity index (χ2v) is 3.87. The van der Waals surface area contributed by atoms with Crippen LogP contribution in [0.25, 0.3) is 0 Å². The lowest BCUT2D eigenvalue weighted by atomic mass is 9.93. The van der Waals surface area contributed by atoms with Crippen molar-refractivity contribution >= 4 is 0 Å². The van der Waals surface area contributed by atoms with E-state index in [0.29, 0.717) is 0 Å². The second-order valence-electron chi connectivity index (χ2n) is 3.87. The van der Waals surface area contributed by atoms with E-state index in [9.17, 15) is 0 Å². The quantitative estimate of drug-likeness (QED) is 0.578. The van der Waals surface area contributed by atoms with Crippen LogP contribution in [0.1, 0.15) is 45.4 Å². The Morgan fingerprint density at radius 1 is 1.17 bits per heavy atom. The van der Waals surface area contributed by atoms with E-state index in [-0.39, 0.29) is 0 Å². The van der Waals surface area contributed by atoms with Gasteiger partial charge in [-0.1, -0.05) is 30.6 Å². The molecule has 65 valence electrons. The largest absolute Gasteiger partial charge is 0.0651 e. The maximum atomic E-state index is 2.43. The molecule has 12 heavy (non-hydrogen) atoms. The molecule has 0 aromatic heterocycles. The molecule has 0 heteroatoms. The van der Waals surface area contributed by atoms with E-state index in [4.69, 9.17) is 0 Å². The molecule has 0 saturated carbocycles. The molecule has 0 unspecified atom stereocenters. The van der Waals surface area contributed by atoms with Crippen molar-refractivity contribution in [2.45, 2.75) is 45.4 Å². The summed E-state index contributed by atoms with van der Waals surface area (Å²) in [6, 6.07) is 0. The summed E-state index contributed by atoms with van der Waals surface area (Å²) in [7, 11) is 0. The second kappa shape index (κ2) is 3.47. The predicted octanol–water partition coefficient (Wildman–Crippen LogP) is 3.80. The van der Waals surface area contributed by atoms with Crippen LogP contribution in [0.5, 0.6) is 0 Å². The Hall–Kier alpha value is -0.520. The molecule has 0 saturated heterocycles. The van der Waals surface area contributed by atoms with Crippen LogP contribution in [0.4, 0.5) is 0 Å². The maximum absolute atomic E-state index is 2.43. The van der Waals surface area contributed by atoms with Crippen LogP contribution in [0.2, 0.25) is 0 Å². The highest BCUT2D eigenvalue weighted by Gasteiger charge is 2.17. The molecule has 2 aliphatic rings. The van der Waals surface area contributed by atoms with Gasteiger partial charge in [0.05, 0.1) is 0 Å². The highest BCUT2D eigenvalue weighted by molar-refractivity contribution is 5.48. The fraction of sp³-hybridized carbons (Fsp3) is 0.583. The fourth-order valence-corrected chi connectivity index (χ4v) is 2.20. The van der Waals surface area contributed by atoms with Gasteiger partial charge in [0, 0.05) is 6.42 Å². The van der Waals surface area contributed by atoms with Crippen LogP contribution in [0.15, 0.2) is 22.8 Å². The van der Waals surface area contributed by atoms with Crippen molar-refractivity contribution in [1.29, 1.82) is 0 Å². The van der Waals surface area contributed by atoms with Crippen molar-refractivity contribution in [3.63, 3.8) is 0 Å². The van der Waals surface area contributed by atoms with Crippen molar-refractivity contribution in [1.82, 2.24) is 0 Å². The molecule has 0 aromatic rings. The fourth-order valence-electron chi connectivity index (χ4n) is 2.20. The summed E-state index contributed by atoms with van der Waals surface area (Å²) in [6.07, 6.45) is 12.9. The summed E-state index contributed by atoms with van der Waals surface area (Å²) in [5.41, 5.74) is 4.86. The molecular formula is C12H17. The van der Waals surface area contributed by atoms with Crippen LogP contribution >= 0.6 is 0 Å². The zero-order chi connectivity index (χ0) is 8.39. The van der Waals surface area contributed by atoms with Gasteiger partial charge in [-0.3, -0.25) is 0 Å². The van der Waals surface area contributed by atoms with E-state index in [0.717, 1.165) is 0 Å². The Labute approximate surface area is 75.4 Å². The van der Waals surface area contributed by atoms with E-state index >= 15 is 0 Å². The van der Waals surface area contributed by atoms with E-state index in [1.54, 1.807) is 16.7 Å². The minimum Gasteiger partial charge on any atom is -0.0651 e. The van der Waals surface area contributed by atoms with Gasteiger partial charge in [0.2, 0.25) is 0 Å². The Bertz CT molecular complexity index is 230. The lowest BCUT2D eigenvalue weighted by molar-refractivity contribution is 0.693. The van der Waals surface area contributed by atoms with Gasteiger partial charge in [0.1, 0.15) is 0 Å². The third kappa shape index (κ3) is 1.48. The molecule has 0 bridgehead atoms. The first-order valence-electron chi connectivity index (χ1n) is 5.17. The molecule has 2 rings (SSSR count). The summed E-state index contributed by atoms with van der Waals surface area (Å²) in [4.78, 5) is 0. The zero-order valence-corrected chi connectivity index (χ0v) is 7.90. The lowest BCUT2D eigenvalue weighted by Gasteiger charge is -2.12. The Morgan fingerprint density at radius 2 is 1.92 bits per heavy atom. The number of rotatable bonds is 2. The summed E-state index contributed by atoms with van der Waals surface area (Å²) in [6.45, 7) is 2.26. The maximum Gasteiger partial charge on any atom is 0.0119 e. The SMILES string of the molecule is CCCC1=CC2=C([CH]1)CCCC2. The molecule has 0 atom stereocenters. The van der Waals surface area contributed by atoms with Crippen LogP contribution in [-0.4, -0.2) is 0 Å². The Kier molecular flexibility index (Phi) is 2.34. The summed E-state index contributed by atoms with van der Waals surface area (Å²) < 4.78 is 0. The van der Waals surface area contributed by atoms with Gasteiger partial charge in [0.25, 0.3) is 0 Å². The van der Waals surface area contributed by atoms with Gasteiger partial charge in [-0.2, -0.15) is 0 Å². The standard InChI is InChI=1S/C12H17/c1-2-5-10-8-11-6-3-4-7-12(11)9-10/h8-9H,2-7H2,1H3. The summed E-state index contributed by atoms with van der Waals surface area (Å²) in [5.74, 6) is 0. The number of hydrogen-bond acceptors (Lipinski definition) is 0. The highest BCUT2D eigenvalue weighted by atomic mass is 14.2. The van der Waals surface area contributed by atoms with Crippen molar-refractivity contribution in [3.05, 3.63) is 29.2 Å². The minimum atomic E-state index is 1.27. The smallest absolute Gasteiger partial charge is 0.0119 e. The van der Waals surface area contributed by atoms with Crippen LogP contribution in [0.3, 0.4) is 0 Å². The Balaban J connectivity index is 2.03. The molecule has 0 fully saturated rings. The zero-order valence-electron chi connectivity index (χ0n) is 7.90. The van der Waals surface area contributed by atoms with Gasteiger partial charge in [-0.25, -0.2) is 0 Å². The first-order valence-corrected chi connectivity index (χ1v) is 5.17. The summed E-state index contributed by atoms with van der Waals surface area (Å²) in [5, 5.41) is 0.